The Labute approximate surface area is 81.6 Å². The van der Waals surface area contributed by atoms with Gasteiger partial charge in [0.2, 0.25) is 0 Å². The highest BCUT2D eigenvalue weighted by Crippen LogP contribution is 2.37. The van der Waals surface area contributed by atoms with Crippen LogP contribution in [-0.2, 0) is 0 Å². The summed E-state index contributed by atoms with van der Waals surface area (Å²) >= 11 is 5.96. The maximum Gasteiger partial charge on any atom is 0.163 e. The van der Waals surface area contributed by atoms with Gasteiger partial charge in [-0.2, -0.15) is 0 Å². The second kappa shape index (κ2) is 3.34. The van der Waals surface area contributed by atoms with Crippen molar-refractivity contribution in [3.8, 4) is 11.5 Å². The molecule has 1 aliphatic heterocycles. The zero-order chi connectivity index (χ0) is 9.26. The maximum absolute atomic E-state index is 5.96. The van der Waals surface area contributed by atoms with Gasteiger partial charge < -0.3 is 14.8 Å². The largest absolute Gasteiger partial charge is 0.486 e. The molecule has 0 aromatic heterocycles. The summed E-state index contributed by atoms with van der Waals surface area (Å²) in [4.78, 5) is 0. The minimum atomic E-state index is 0.586. The van der Waals surface area contributed by atoms with E-state index in [0.29, 0.717) is 18.2 Å². The van der Waals surface area contributed by atoms with Crippen LogP contribution in [0.1, 0.15) is 0 Å². The lowest BCUT2D eigenvalue weighted by Gasteiger charge is -2.19. The Bertz CT molecular complexity index is 328. The number of rotatable bonds is 1. The monoisotopic (exact) mass is 199 g/mol. The third kappa shape index (κ3) is 1.52. The number of hydrogen-bond donors (Lipinski definition) is 1. The van der Waals surface area contributed by atoms with Gasteiger partial charge in [-0.05, 0) is 0 Å². The van der Waals surface area contributed by atoms with Crippen molar-refractivity contribution < 1.29 is 9.47 Å². The summed E-state index contributed by atoms with van der Waals surface area (Å²) in [6.45, 7) is 1.18. The van der Waals surface area contributed by atoms with Crippen LogP contribution in [0.4, 0.5) is 5.69 Å². The van der Waals surface area contributed by atoms with E-state index in [2.05, 4.69) is 5.32 Å². The average Bonchev–Trinajstić information content (AvgIpc) is 2.17. The van der Waals surface area contributed by atoms with Crippen LogP contribution < -0.4 is 14.8 Å². The van der Waals surface area contributed by atoms with Crippen molar-refractivity contribution in [2.24, 2.45) is 0 Å². The molecule has 0 saturated heterocycles. The fraction of sp³-hybridized carbons (Fsp3) is 0.333. The molecule has 0 amide bonds. The number of halogens is 1. The van der Waals surface area contributed by atoms with Crippen LogP contribution in [0.3, 0.4) is 0 Å². The second-order valence-electron chi connectivity index (χ2n) is 2.73. The number of ether oxygens (including phenoxy) is 2. The number of nitrogens with one attached hydrogen (secondary N) is 1. The summed E-state index contributed by atoms with van der Waals surface area (Å²) < 4.78 is 10.8. The molecule has 0 atom stereocenters. The molecule has 2 rings (SSSR count). The smallest absolute Gasteiger partial charge is 0.163 e. The van der Waals surface area contributed by atoms with E-state index in [1.165, 1.54) is 0 Å². The third-order valence-corrected chi connectivity index (χ3v) is 2.21. The summed E-state index contributed by atoms with van der Waals surface area (Å²) in [6.07, 6.45) is 0. The molecule has 0 radical (unpaired) electrons. The molecule has 0 saturated carbocycles. The van der Waals surface area contributed by atoms with Gasteiger partial charge in [0.15, 0.2) is 11.5 Å². The Kier molecular flexibility index (Phi) is 2.19. The lowest BCUT2D eigenvalue weighted by atomic mass is 10.2. The molecule has 4 heteroatoms. The Morgan fingerprint density at radius 2 is 1.85 bits per heavy atom. The van der Waals surface area contributed by atoms with Crippen LogP contribution in [0.5, 0.6) is 11.5 Å². The Hall–Kier alpha value is -1.09. The molecular weight excluding hydrogens is 190 g/mol. The maximum atomic E-state index is 5.96. The lowest BCUT2D eigenvalue weighted by Crippen LogP contribution is -2.15. The molecule has 0 unspecified atom stereocenters. The van der Waals surface area contributed by atoms with Gasteiger partial charge in [0.1, 0.15) is 13.2 Å². The summed E-state index contributed by atoms with van der Waals surface area (Å²) in [6, 6.07) is 3.61. The lowest BCUT2D eigenvalue weighted by molar-refractivity contribution is 0.171. The minimum Gasteiger partial charge on any atom is -0.486 e. The minimum absolute atomic E-state index is 0.586. The molecule has 1 aliphatic rings. The van der Waals surface area contributed by atoms with Gasteiger partial charge >= 0.3 is 0 Å². The van der Waals surface area contributed by atoms with E-state index < -0.39 is 0 Å². The van der Waals surface area contributed by atoms with E-state index in [1.807, 2.05) is 13.1 Å². The van der Waals surface area contributed by atoms with Crippen molar-refractivity contribution in [3.63, 3.8) is 0 Å². The summed E-state index contributed by atoms with van der Waals surface area (Å²) in [5.41, 5.74) is 0.853. The van der Waals surface area contributed by atoms with E-state index in [4.69, 9.17) is 21.1 Å². The van der Waals surface area contributed by atoms with Crippen LogP contribution in [0.25, 0.3) is 0 Å². The van der Waals surface area contributed by atoms with Crippen molar-refractivity contribution in [1.29, 1.82) is 0 Å². The van der Waals surface area contributed by atoms with Gasteiger partial charge in [0.25, 0.3) is 0 Å². The zero-order valence-corrected chi connectivity index (χ0v) is 8.02. The summed E-state index contributed by atoms with van der Waals surface area (Å²) in [7, 11) is 1.82. The number of fused-ring (bicyclic) bond motifs is 1. The molecule has 70 valence electrons. The van der Waals surface area contributed by atoms with Crippen molar-refractivity contribution in [1.82, 2.24) is 0 Å². The predicted molar refractivity (Wildman–Crippen MR) is 52.0 cm³/mol. The van der Waals surface area contributed by atoms with Crippen molar-refractivity contribution in [2.45, 2.75) is 0 Å². The van der Waals surface area contributed by atoms with Gasteiger partial charge in [-0.15, -0.1) is 0 Å². The first-order valence-corrected chi connectivity index (χ1v) is 4.46. The predicted octanol–water partition coefficient (Wildman–Crippen LogP) is 2.15. The number of benzene rings is 1. The highest BCUT2D eigenvalue weighted by atomic mass is 35.5. The van der Waals surface area contributed by atoms with Crippen LogP contribution in [0.2, 0.25) is 5.02 Å². The quantitative estimate of drug-likeness (QED) is 0.752. The summed E-state index contributed by atoms with van der Waals surface area (Å²) in [5.74, 6) is 1.47. The van der Waals surface area contributed by atoms with Crippen LogP contribution in [0, 0.1) is 0 Å². The molecule has 0 fully saturated rings. The number of anilines is 1. The van der Waals surface area contributed by atoms with Crippen LogP contribution in [0.15, 0.2) is 12.1 Å². The normalized spacial score (nSPS) is 14.0. The van der Waals surface area contributed by atoms with Gasteiger partial charge in [0.05, 0.1) is 10.7 Å². The molecule has 1 heterocycles. The SMILES string of the molecule is CNc1cc2c(cc1Cl)OCCO2. The first-order valence-electron chi connectivity index (χ1n) is 4.08. The van der Waals surface area contributed by atoms with Gasteiger partial charge in [-0.1, -0.05) is 11.6 Å². The molecular formula is C9H10ClNO2. The molecule has 3 nitrogen and oxygen atoms in total. The summed E-state index contributed by atoms with van der Waals surface area (Å²) in [5, 5.41) is 3.62. The van der Waals surface area contributed by atoms with Crippen molar-refractivity contribution in [3.05, 3.63) is 17.2 Å². The van der Waals surface area contributed by atoms with Crippen molar-refractivity contribution in [2.75, 3.05) is 25.6 Å². The van der Waals surface area contributed by atoms with E-state index in [-0.39, 0.29) is 0 Å². The Balaban J connectivity index is 2.44. The number of hydrogen-bond acceptors (Lipinski definition) is 3. The fourth-order valence-electron chi connectivity index (χ4n) is 1.26. The standard InChI is InChI=1S/C9H10ClNO2/c1-11-7-5-9-8(4-6(7)10)12-2-3-13-9/h4-5,11H,2-3H2,1H3. The van der Waals surface area contributed by atoms with E-state index in [0.717, 1.165) is 17.2 Å². The highest BCUT2D eigenvalue weighted by Gasteiger charge is 2.13. The molecule has 0 aliphatic carbocycles. The van der Waals surface area contributed by atoms with Gasteiger partial charge in [0, 0.05) is 19.2 Å². The van der Waals surface area contributed by atoms with Gasteiger partial charge in [-0.3, -0.25) is 0 Å². The molecule has 13 heavy (non-hydrogen) atoms. The van der Waals surface area contributed by atoms with E-state index >= 15 is 0 Å². The van der Waals surface area contributed by atoms with Crippen LogP contribution in [-0.4, -0.2) is 20.3 Å². The first kappa shape index (κ1) is 8.51. The Morgan fingerprint density at radius 1 is 1.23 bits per heavy atom. The molecule has 0 bridgehead atoms. The third-order valence-electron chi connectivity index (χ3n) is 1.90. The Morgan fingerprint density at radius 3 is 2.46 bits per heavy atom. The molecule has 1 aromatic rings. The second-order valence-corrected chi connectivity index (χ2v) is 3.13. The first-order chi connectivity index (χ1) is 6.31. The van der Waals surface area contributed by atoms with Gasteiger partial charge in [-0.25, -0.2) is 0 Å². The average molecular weight is 200 g/mol. The van der Waals surface area contributed by atoms with E-state index in [9.17, 15) is 0 Å². The molecule has 1 aromatic carbocycles. The topological polar surface area (TPSA) is 30.5 Å². The highest BCUT2D eigenvalue weighted by molar-refractivity contribution is 6.33. The zero-order valence-electron chi connectivity index (χ0n) is 7.26. The van der Waals surface area contributed by atoms with Crippen molar-refractivity contribution >= 4 is 17.3 Å². The van der Waals surface area contributed by atoms with E-state index in [1.54, 1.807) is 6.07 Å². The van der Waals surface area contributed by atoms with Crippen LogP contribution >= 0.6 is 11.6 Å². The fourth-order valence-corrected chi connectivity index (χ4v) is 1.50. The molecule has 0 spiro atoms. The molecule has 1 N–H and O–H groups in total.